The number of aromatic amines is 1. The molecule has 15 heteroatoms. The number of fused-ring (bicyclic) bond motifs is 1. The molecule has 4 fully saturated rings. The molecule has 9 rings (SSSR count). The molecule has 4 amide bonds. The van der Waals surface area contributed by atoms with Crippen LogP contribution in [0.15, 0.2) is 78.9 Å². The molecule has 4 saturated heterocycles. The topological polar surface area (TPSA) is 161 Å². The number of piperidine rings is 3. The number of benzene rings is 4. The molecule has 4 aliphatic rings. The van der Waals surface area contributed by atoms with Gasteiger partial charge in [-0.25, -0.2) is 8.78 Å². The molecule has 13 nitrogen and oxygen atoms in total. The number of carbonyl (C=O) groups excluding carboxylic acids is 4. The molecular weight excluding hydrogens is 819 g/mol. The summed E-state index contributed by atoms with van der Waals surface area (Å²) in [7, 11) is 0. The van der Waals surface area contributed by atoms with Crippen LogP contribution in [0.3, 0.4) is 0 Å². The molecule has 5 heterocycles. The van der Waals surface area contributed by atoms with Gasteiger partial charge in [-0.05, 0) is 147 Å². The fourth-order valence-corrected chi connectivity index (χ4v) is 9.65. The third-order valence-corrected chi connectivity index (χ3v) is 13.3. The molecular formula is C49H54F2N8O5. The maximum absolute atomic E-state index is 14.0. The number of imide groups is 1. The van der Waals surface area contributed by atoms with E-state index in [0.717, 1.165) is 85.7 Å². The predicted octanol–water partition coefficient (Wildman–Crippen LogP) is 7.08. The van der Waals surface area contributed by atoms with Gasteiger partial charge in [0.2, 0.25) is 17.7 Å². The first-order valence-corrected chi connectivity index (χ1v) is 22.5. The summed E-state index contributed by atoms with van der Waals surface area (Å²) in [5.41, 5.74) is 6.52. The average Bonchev–Trinajstić information content (AvgIpc) is 3.69. The molecule has 64 heavy (non-hydrogen) atoms. The van der Waals surface area contributed by atoms with Crippen molar-refractivity contribution in [3.8, 4) is 0 Å². The molecule has 1 unspecified atom stereocenters. The molecule has 0 bridgehead atoms. The summed E-state index contributed by atoms with van der Waals surface area (Å²) < 4.78 is 33.4. The minimum absolute atomic E-state index is 0.149. The summed E-state index contributed by atoms with van der Waals surface area (Å²) in [5, 5.41) is 20.4. The highest BCUT2D eigenvalue weighted by atomic mass is 19.1. The summed E-state index contributed by atoms with van der Waals surface area (Å²) in [6.07, 6.45) is 6.36. The van der Waals surface area contributed by atoms with Crippen LogP contribution in [-0.2, 0) is 25.5 Å². The Bertz CT molecular complexity index is 2490. The van der Waals surface area contributed by atoms with Crippen molar-refractivity contribution >= 4 is 51.7 Å². The van der Waals surface area contributed by atoms with Crippen LogP contribution >= 0.6 is 0 Å². The van der Waals surface area contributed by atoms with Gasteiger partial charge < -0.3 is 25.6 Å². The SMILES string of the molecule is O=C1CCC(Nc2ccc(C3CCN(CC(=O)N4CCC(c5ccc(C(=O)Nc6n[nH]c7ccc(Cc8cc(F)cc(F)c8)cc67)c(NC6CCOCC6)c5)CC4)CC3)cc2)C(=O)N1. The number of anilines is 3. The maximum atomic E-state index is 14.0. The summed E-state index contributed by atoms with van der Waals surface area (Å²) in [6.45, 7) is 4.75. The fourth-order valence-electron chi connectivity index (χ4n) is 9.65. The van der Waals surface area contributed by atoms with Crippen molar-refractivity contribution in [3.05, 3.63) is 118 Å². The maximum Gasteiger partial charge on any atom is 0.258 e. The van der Waals surface area contributed by atoms with Crippen molar-refractivity contribution in [1.82, 2.24) is 25.3 Å². The van der Waals surface area contributed by atoms with Crippen LogP contribution in [0.5, 0.6) is 0 Å². The normalized spacial score (nSPS) is 19.4. The van der Waals surface area contributed by atoms with E-state index < -0.39 is 17.7 Å². The number of nitrogens with zero attached hydrogens (tertiary/aromatic N) is 3. The van der Waals surface area contributed by atoms with Crippen molar-refractivity contribution in [2.45, 2.75) is 81.7 Å². The van der Waals surface area contributed by atoms with Gasteiger partial charge in [0.1, 0.15) is 17.7 Å². The number of halogens is 2. The summed E-state index contributed by atoms with van der Waals surface area (Å²) in [5.74, 6) is -0.918. The minimum Gasteiger partial charge on any atom is -0.381 e. The smallest absolute Gasteiger partial charge is 0.258 e. The first kappa shape index (κ1) is 43.1. The van der Waals surface area contributed by atoms with E-state index in [2.05, 4.69) is 54.6 Å². The molecule has 334 valence electrons. The number of aromatic nitrogens is 2. The monoisotopic (exact) mass is 872 g/mol. The molecule has 1 aromatic heterocycles. The number of amides is 4. The van der Waals surface area contributed by atoms with Crippen LogP contribution < -0.4 is 21.3 Å². The van der Waals surface area contributed by atoms with Crippen LogP contribution in [0.2, 0.25) is 0 Å². The molecule has 0 radical (unpaired) electrons. The Morgan fingerprint density at radius 2 is 1.45 bits per heavy atom. The standard InChI is InChI=1S/C49H54F2N8O5/c50-36-24-31(25-37(51)28-36)23-30-1-8-42-41(26-30)47(57-56-42)55-48(62)40-7-4-35(27-44(40)53-39-15-21-64-22-16-39)34-13-19-59(20-14-34)46(61)29-58-17-11-33(12-18-58)32-2-5-38(6-3-32)52-43-9-10-45(60)54-49(43)63/h1-8,24-28,33-34,39,43,52-53H,9-23,29H2,(H,54,60,63)(H2,55,56,57,62). The van der Waals surface area contributed by atoms with Gasteiger partial charge in [0.25, 0.3) is 5.91 Å². The highest BCUT2D eigenvalue weighted by Gasteiger charge is 2.30. The van der Waals surface area contributed by atoms with Gasteiger partial charge in [0.15, 0.2) is 5.82 Å². The van der Waals surface area contributed by atoms with E-state index in [-0.39, 0.29) is 35.6 Å². The molecule has 5 N–H and O–H groups in total. The lowest BCUT2D eigenvalue weighted by atomic mass is 9.88. The first-order valence-electron chi connectivity index (χ1n) is 22.5. The van der Waals surface area contributed by atoms with Crippen molar-refractivity contribution in [2.75, 3.05) is 61.9 Å². The molecule has 0 spiro atoms. The van der Waals surface area contributed by atoms with E-state index in [1.807, 2.05) is 47.4 Å². The lowest BCUT2D eigenvalue weighted by Gasteiger charge is -2.36. The Balaban J connectivity index is 0.793. The number of rotatable bonds is 12. The largest absolute Gasteiger partial charge is 0.381 e. The lowest BCUT2D eigenvalue weighted by Crippen LogP contribution is -2.47. The number of ether oxygens (including phenoxy) is 1. The average molecular weight is 873 g/mol. The van der Waals surface area contributed by atoms with Crippen LogP contribution in [0.1, 0.15) is 95.8 Å². The molecule has 5 aromatic rings. The van der Waals surface area contributed by atoms with Gasteiger partial charge in [-0.3, -0.25) is 34.5 Å². The molecule has 1 atom stereocenters. The van der Waals surface area contributed by atoms with Crippen LogP contribution in [0.4, 0.5) is 26.0 Å². The third kappa shape index (κ3) is 10.3. The van der Waals surface area contributed by atoms with Crippen molar-refractivity contribution in [2.24, 2.45) is 0 Å². The first-order chi connectivity index (χ1) is 31.1. The zero-order valence-electron chi connectivity index (χ0n) is 35.8. The Morgan fingerprint density at radius 3 is 2.19 bits per heavy atom. The van der Waals surface area contributed by atoms with Crippen molar-refractivity contribution in [3.63, 3.8) is 0 Å². The predicted molar refractivity (Wildman–Crippen MR) is 240 cm³/mol. The van der Waals surface area contributed by atoms with E-state index in [4.69, 9.17) is 4.74 Å². The van der Waals surface area contributed by atoms with Crippen LogP contribution in [0, 0.1) is 11.6 Å². The molecule has 4 aliphatic heterocycles. The number of nitrogens with one attached hydrogen (secondary N) is 5. The molecule has 4 aromatic carbocycles. The quantitative estimate of drug-likeness (QED) is 0.0826. The van der Waals surface area contributed by atoms with Gasteiger partial charge in [-0.2, -0.15) is 5.10 Å². The number of likely N-dealkylation sites (tertiary alicyclic amines) is 2. The Hall–Kier alpha value is -6.19. The van der Waals surface area contributed by atoms with Gasteiger partial charge >= 0.3 is 0 Å². The van der Waals surface area contributed by atoms with Gasteiger partial charge in [0.05, 0.1) is 17.6 Å². The van der Waals surface area contributed by atoms with E-state index in [0.29, 0.717) is 80.4 Å². The fraction of sp³-hybridized carbons (Fsp3) is 0.408. The highest BCUT2D eigenvalue weighted by molar-refractivity contribution is 6.11. The Morgan fingerprint density at radius 1 is 0.750 bits per heavy atom. The van der Waals surface area contributed by atoms with E-state index in [1.54, 1.807) is 0 Å². The van der Waals surface area contributed by atoms with Gasteiger partial charge in [-0.15, -0.1) is 0 Å². The summed E-state index contributed by atoms with van der Waals surface area (Å²) >= 11 is 0. The zero-order chi connectivity index (χ0) is 44.2. The van der Waals surface area contributed by atoms with E-state index in [9.17, 15) is 28.0 Å². The Labute approximate surface area is 370 Å². The van der Waals surface area contributed by atoms with E-state index in [1.165, 1.54) is 17.7 Å². The second kappa shape index (κ2) is 19.3. The molecule has 0 saturated carbocycles. The number of carbonyl (C=O) groups is 4. The Kier molecular flexibility index (Phi) is 13.0. The van der Waals surface area contributed by atoms with Crippen molar-refractivity contribution < 1.29 is 32.7 Å². The van der Waals surface area contributed by atoms with Gasteiger partial charge in [0, 0.05) is 61.6 Å². The summed E-state index contributed by atoms with van der Waals surface area (Å²) in [6, 6.07) is 23.0. The highest BCUT2D eigenvalue weighted by Crippen LogP contribution is 2.34. The zero-order valence-corrected chi connectivity index (χ0v) is 35.8. The van der Waals surface area contributed by atoms with Crippen LogP contribution in [0.25, 0.3) is 10.9 Å². The number of hydrogen-bond donors (Lipinski definition) is 5. The number of H-pyrrole nitrogens is 1. The van der Waals surface area contributed by atoms with Crippen molar-refractivity contribution in [1.29, 1.82) is 0 Å². The number of hydrogen-bond acceptors (Lipinski definition) is 9. The minimum atomic E-state index is -0.631. The molecule has 0 aliphatic carbocycles. The second-order valence-corrected chi connectivity index (χ2v) is 17.7. The lowest BCUT2D eigenvalue weighted by molar-refractivity contribution is -0.134. The second-order valence-electron chi connectivity index (χ2n) is 17.7. The summed E-state index contributed by atoms with van der Waals surface area (Å²) in [4.78, 5) is 55.5. The van der Waals surface area contributed by atoms with E-state index >= 15 is 0 Å². The van der Waals surface area contributed by atoms with Crippen LogP contribution in [-0.4, -0.2) is 102 Å². The van der Waals surface area contributed by atoms with Gasteiger partial charge in [-0.1, -0.05) is 24.3 Å². The third-order valence-electron chi connectivity index (χ3n) is 13.3.